The summed E-state index contributed by atoms with van der Waals surface area (Å²) in [6.45, 7) is 6.65. The number of nitrogens with two attached hydrogens (primary N) is 1. The lowest BCUT2D eigenvalue weighted by atomic mass is 10.1. The van der Waals surface area contributed by atoms with Crippen LogP contribution in [0.5, 0.6) is 5.75 Å². The second-order valence-corrected chi connectivity index (χ2v) is 5.03. The first-order valence-electron chi connectivity index (χ1n) is 6.58. The van der Waals surface area contributed by atoms with Crippen molar-refractivity contribution in [2.24, 2.45) is 5.73 Å². The smallest absolute Gasteiger partial charge is 0.132 e. The first-order valence-corrected chi connectivity index (χ1v) is 6.58. The molecule has 0 aliphatic carbocycles. The molecule has 0 aliphatic heterocycles. The summed E-state index contributed by atoms with van der Waals surface area (Å²) < 4.78 is 7.63. The minimum absolute atomic E-state index is 0.0517. The minimum atomic E-state index is 0.0517. The van der Waals surface area contributed by atoms with E-state index in [2.05, 4.69) is 18.9 Å². The van der Waals surface area contributed by atoms with Gasteiger partial charge in [0.1, 0.15) is 12.4 Å². The molecule has 0 aliphatic rings. The van der Waals surface area contributed by atoms with Crippen LogP contribution in [0.25, 0.3) is 0 Å². The van der Waals surface area contributed by atoms with Gasteiger partial charge in [-0.2, -0.15) is 5.10 Å². The van der Waals surface area contributed by atoms with Crippen molar-refractivity contribution in [1.29, 1.82) is 0 Å². The standard InChI is InChI=1S/C15H21N3O/c1-11(2)18-9-8-14(17-18)10-19-15-6-4-13(5-7-15)12(3)16/h4-9,11-12H,10,16H2,1-3H3/t12-/m0/s1. The average molecular weight is 259 g/mol. The van der Waals surface area contributed by atoms with Crippen molar-refractivity contribution >= 4 is 0 Å². The van der Waals surface area contributed by atoms with Gasteiger partial charge in [0.25, 0.3) is 0 Å². The van der Waals surface area contributed by atoms with Gasteiger partial charge in [-0.15, -0.1) is 0 Å². The summed E-state index contributed by atoms with van der Waals surface area (Å²) in [6.07, 6.45) is 1.97. The molecule has 0 amide bonds. The monoisotopic (exact) mass is 259 g/mol. The maximum absolute atomic E-state index is 5.81. The molecule has 0 saturated carbocycles. The van der Waals surface area contributed by atoms with Crippen LogP contribution < -0.4 is 10.5 Å². The van der Waals surface area contributed by atoms with Gasteiger partial charge in [-0.1, -0.05) is 12.1 Å². The Bertz CT molecular complexity index is 514. The molecule has 0 spiro atoms. The molecular formula is C15H21N3O. The fourth-order valence-corrected chi connectivity index (χ4v) is 1.77. The molecule has 1 heterocycles. The van der Waals surface area contributed by atoms with E-state index in [0.717, 1.165) is 17.0 Å². The Morgan fingerprint density at radius 3 is 2.37 bits per heavy atom. The van der Waals surface area contributed by atoms with Gasteiger partial charge in [-0.25, -0.2) is 0 Å². The molecule has 0 radical (unpaired) electrons. The quantitative estimate of drug-likeness (QED) is 0.897. The number of nitrogens with zero attached hydrogens (tertiary/aromatic N) is 2. The number of ether oxygens (including phenoxy) is 1. The van der Waals surface area contributed by atoms with Crippen molar-refractivity contribution in [3.8, 4) is 5.75 Å². The zero-order chi connectivity index (χ0) is 13.8. The van der Waals surface area contributed by atoms with Gasteiger partial charge in [0.2, 0.25) is 0 Å². The molecule has 0 unspecified atom stereocenters. The summed E-state index contributed by atoms with van der Waals surface area (Å²) in [4.78, 5) is 0. The van der Waals surface area contributed by atoms with Crippen LogP contribution in [0.4, 0.5) is 0 Å². The Morgan fingerprint density at radius 1 is 1.16 bits per heavy atom. The first kappa shape index (κ1) is 13.6. The summed E-state index contributed by atoms with van der Waals surface area (Å²) in [7, 11) is 0. The maximum Gasteiger partial charge on any atom is 0.132 e. The lowest BCUT2D eigenvalue weighted by Crippen LogP contribution is -2.05. The van der Waals surface area contributed by atoms with Crippen LogP contribution in [-0.2, 0) is 6.61 Å². The molecule has 2 rings (SSSR count). The molecule has 2 N–H and O–H groups in total. The molecule has 4 nitrogen and oxygen atoms in total. The third-order valence-electron chi connectivity index (χ3n) is 2.99. The molecular weight excluding hydrogens is 238 g/mol. The fourth-order valence-electron chi connectivity index (χ4n) is 1.77. The third-order valence-corrected chi connectivity index (χ3v) is 2.99. The van der Waals surface area contributed by atoms with Gasteiger partial charge in [0, 0.05) is 18.3 Å². The summed E-state index contributed by atoms with van der Waals surface area (Å²) in [5, 5.41) is 4.44. The van der Waals surface area contributed by atoms with Gasteiger partial charge in [-0.3, -0.25) is 4.68 Å². The van der Waals surface area contributed by atoms with Crippen LogP contribution in [0.1, 0.15) is 44.1 Å². The van der Waals surface area contributed by atoms with E-state index in [0.29, 0.717) is 12.6 Å². The van der Waals surface area contributed by atoms with E-state index in [9.17, 15) is 0 Å². The van der Waals surface area contributed by atoms with Crippen LogP contribution >= 0.6 is 0 Å². The van der Waals surface area contributed by atoms with Gasteiger partial charge in [0.05, 0.1) is 5.69 Å². The number of benzene rings is 1. The molecule has 0 fully saturated rings. The Labute approximate surface area is 114 Å². The van der Waals surface area contributed by atoms with Gasteiger partial charge < -0.3 is 10.5 Å². The number of aromatic nitrogens is 2. The van der Waals surface area contributed by atoms with E-state index in [1.165, 1.54) is 0 Å². The van der Waals surface area contributed by atoms with Crippen molar-refractivity contribution < 1.29 is 4.74 Å². The Morgan fingerprint density at radius 2 is 1.84 bits per heavy atom. The van der Waals surface area contributed by atoms with Gasteiger partial charge >= 0.3 is 0 Å². The van der Waals surface area contributed by atoms with Crippen molar-refractivity contribution in [3.63, 3.8) is 0 Å². The van der Waals surface area contributed by atoms with Crippen LogP contribution in [-0.4, -0.2) is 9.78 Å². The molecule has 4 heteroatoms. The van der Waals surface area contributed by atoms with Crippen LogP contribution in [0.3, 0.4) is 0 Å². The van der Waals surface area contributed by atoms with E-state index in [4.69, 9.17) is 10.5 Å². The van der Waals surface area contributed by atoms with E-state index >= 15 is 0 Å². The number of hydrogen-bond donors (Lipinski definition) is 1. The largest absolute Gasteiger partial charge is 0.487 e. The number of hydrogen-bond acceptors (Lipinski definition) is 3. The average Bonchev–Trinajstić information content (AvgIpc) is 2.86. The van der Waals surface area contributed by atoms with E-state index in [1.807, 2.05) is 48.1 Å². The molecule has 2 aromatic rings. The van der Waals surface area contributed by atoms with Gasteiger partial charge in [-0.05, 0) is 44.5 Å². The zero-order valence-electron chi connectivity index (χ0n) is 11.7. The fraction of sp³-hybridized carbons (Fsp3) is 0.400. The van der Waals surface area contributed by atoms with Crippen molar-refractivity contribution in [3.05, 3.63) is 47.8 Å². The lowest BCUT2D eigenvalue weighted by Gasteiger charge is -2.08. The summed E-state index contributed by atoms with van der Waals surface area (Å²) in [5.41, 5.74) is 7.85. The highest BCUT2D eigenvalue weighted by Crippen LogP contribution is 2.17. The Balaban J connectivity index is 1.94. The Kier molecular flexibility index (Phi) is 4.22. The van der Waals surface area contributed by atoms with Crippen molar-refractivity contribution in [1.82, 2.24) is 9.78 Å². The topological polar surface area (TPSA) is 53.1 Å². The SMILES string of the molecule is CC(C)n1ccc(COc2ccc([C@H](C)N)cc2)n1. The van der Waals surface area contributed by atoms with Gasteiger partial charge in [0.15, 0.2) is 0 Å². The second kappa shape index (κ2) is 5.89. The first-order chi connectivity index (χ1) is 9.06. The summed E-state index contributed by atoms with van der Waals surface area (Å²) in [5.74, 6) is 0.837. The normalized spacial score (nSPS) is 12.7. The third kappa shape index (κ3) is 3.58. The van der Waals surface area contributed by atoms with Crippen LogP contribution in [0.2, 0.25) is 0 Å². The second-order valence-electron chi connectivity index (χ2n) is 5.03. The van der Waals surface area contributed by atoms with Crippen molar-refractivity contribution in [2.75, 3.05) is 0 Å². The molecule has 1 aromatic heterocycles. The molecule has 102 valence electrons. The van der Waals surface area contributed by atoms with E-state index < -0.39 is 0 Å². The summed E-state index contributed by atoms with van der Waals surface area (Å²) in [6, 6.07) is 10.3. The highest BCUT2D eigenvalue weighted by molar-refractivity contribution is 5.28. The maximum atomic E-state index is 5.81. The molecule has 1 aromatic carbocycles. The predicted molar refractivity (Wildman–Crippen MR) is 76.0 cm³/mol. The predicted octanol–water partition coefficient (Wildman–Crippen LogP) is 3.06. The lowest BCUT2D eigenvalue weighted by molar-refractivity contribution is 0.298. The van der Waals surface area contributed by atoms with E-state index in [-0.39, 0.29) is 6.04 Å². The number of rotatable bonds is 5. The summed E-state index contributed by atoms with van der Waals surface area (Å²) >= 11 is 0. The Hall–Kier alpha value is -1.81. The highest BCUT2D eigenvalue weighted by Gasteiger charge is 2.04. The molecule has 0 saturated heterocycles. The molecule has 1 atom stereocenters. The van der Waals surface area contributed by atoms with Crippen LogP contribution in [0, 0.1) is 0 Å². The van der Waals surface area contributed by atoms with Crippen LogP contribution in [0.15, 0.2) is 36.5 Å². The molecule has 0 bridgehead atoms. The highest BCUT2D eigenvalue weighted by atomic mass is 16.5. The van der Waals surface area contributed by atoms with Crippen molar-refractivity contribution in [2.45, 2.75) is 39.5 Å². The van der Waals surface area contributed by atoms with E-state index in [1.54, 1.807) is 0 Å². The zero-order valence-corrected chi connectivity index (χ0v) is 11.7. The molecule has 19 heavy (non-hydrogen) atoms. The minimum Gasteiger partial charge on any atom is -0.487 e.